The van der Waals surface area contributed by atoms with Crippen molar-refractivity contribution in [2.24, 2.45) is 0 Å². The summed E-state index contributed by atoms with van der Waals surface area (Å²) < 4.78 is 0. The minimum atomic E-state index is -0.172. The van der Waals surface area contributed by atoms with Crippen LogP contribution in [0.4, 0.5) is 5.82 Å². The molecule has 0 aromatic carbocycles. The first kappa shape index (κ1) is 12.4. The van der Waals surface area contributed by atoms with Gasteiger partial charge in [-0.1, -0.05) is 0 Å². The van der Waals surface area contributed by atoms with Gasteiger partial charge in [0, 0.05) is 27.2 Å². The number of aliphatic hydroxyl groups is 1. The van der Waals surface area contributed by atoms with E-state index in [1.807, 2.05) is 0 Å². The minimum Gasteiger partial charge on any atom is -0.396 e. The molecule has 16 heavy (non-hydrogen) atoms. The number of carbonyl (C=O) groups excluding carboxylic acids is 1. The Balaban J connectivity index is 2.57. The van der Waals surface area contributed by atoms with Crippen LogP contribution in [0.3, 0.4) is 0 Å². The summed E-state index contributed by atoms with van der Waals surface area (Å²) in [5.41, 5.74) is 0.317. The lowest BCUT2D eigenvalue weighted by Gasteiger charge is -2.09. The van der Waals surface area contributed by atoms with E-state index in [1.54, 1.807) is 26.2 Å². The molecule has 0 bridgehead atoms. The number of nitrogens with one attached hydrogen (secondary N) is 1. The van der Waals surface area contributed by atoms with Crippen molar-refractivity contribution in [1.29, 1.82) is 0 Å². The van der Waals surface area contributed by atoms with E-state index in [0.717, 1.165) is 0 Å². The zero-order valence-corrected chi connectivity index (χ0v) is 9.47. The fraction of sp³-hybridized carbons (Fsp3) is 0.500. The first-order chi connectivity index (χ1) is 7.65. The van der Waals surface area contributed by atoms with Crippen LogP contribution in [-0.2, 0) is 0 Å². The van der Waals surface area contributed by atoms with Crippen LogP contribution >= 0.6 is 0 Å². The molecule has 1 aromatic rings. The van der Waals surface area contributed by atoms with Crippen LogP contribution < -0.4 is 5.32 Å². The highest BCUT2D eigenvalue weighted by atomic mass is 16.3. The molecule has 0 spiro atoms. The van der Waals surface area contributed by atoms with Crippen molar-refractivity contribution in [2.75, 3.05) is 32.6 Å². The van der Waals surface area contributed by atoms with Crippen molar-refractivity contribution in [3.63, 3.8) is 0 Å². The number of aliphatic hydroxyl groups excluding tert-OH is 1. The molecule has 0 fully saturated rings. The molecule has 88 valence electrons. The van der Waals surface area contributed by atoms with Crippen molar-refractivity contribution in [2.45, 2.75) is 6.42 Å². The van der Waals surface area contributed by atoms with Gasteiger partial charge in [-0.25, -0.2) is 0 Å². The lowest BCUT2D eigenvalue weighted by atomic mass is 10.3. The summed E-state index contributed by atoms with van der Waals surface area (Å²) in [6, 6.07) is 3.32. The van der Waals surface area contributed by atoms with Gasteiger partial charge in [0.25, 0.3) is 5.91 Å². The minimum absolute atomic E-state index is 0.137. The second-order valence-corrected chi connectivity index (χ2v) is 3.51. The SMILES string of the molecule is CN(C)C(=O)c1ccc(NCCCO)nn1. The molecule has 0 unspecified atom stereocenters. The second kappa shape index (κ2) is 6.02. The molecule has 1 heterocycles. The standard InChI is InChI=1S/C10H16N4O2/c1-14(2)10(16)8-4-5-9(13-12-8)11-6-3-7-15/h4-5,15H,3,6-7H2,1-2H3,(H,11,13). The average molecular weight is 224 g/mol. The van der Waals surface area contributed by atoms with Gasteiger partial charge in [-0.15, -0.1) is 10.2 Å². The maximum absolute atomic E-state index is 11.5. The average Bonchev–Trinajstić information content (AvgIpc) is 2.29. The normalized spacial score (nSPS) is 9.94. The van der Waals surface area contributed by atoms with E-state index in [1.165, 1.54) is 4.90 Å². The van der Waals surface area contributed by atoms with Crippen LogP contribution in [0.1, 0.15) is 16.9 Å². The highest BCUT2D eigenvalue weighted by Crippen LogP contribution is 2.03. The number of hydrogen-bond donors (Lipinski definition) is 2. The maximum Gasteiger partial charge on any atom is 0.273 e. The summed E-state index contributed by atoms with van der Waals surface area (Å²) in [6.45, 7) is 0.768. The molecule has 2 N–H and O–H groups in total. The third kappa shape index (κ3) is 3.47. The van der Waals surface area contributed by atoms with Crippen LogP contribution in [0.15, 0.2) is 12.1 Å². The molecule has 0 aliphatic rings. The van der Waals surface area contributed by atoms with Gasteiger partial charge in [-0.3, -0.25) is 4.79 Å². The van der Waals surface area contributed by atoms with Gasteiger partial charge in [0.05, 0.1) is 0 Å². The van der Waals surface area contributed by atoms with Gasteiger partial charge >= 0.3 is 0 Å². The van der Waals surface area contributed by atoms with Crippen LogP contribution in [0.2, 0.25) is 0 Å². The predicted molar refractivity (Wildman–Crippen MR) is 60.2 cm³/mol. The Kier molecular flexibility index (Phi) is 4.65. The molecule has 1 rings (SSSR count). The van der Waals surface area contributed by atoms with Gasteiger partial charge in [-0.05, 0) is 18.6 Å². The number of amides is 1. The molecule has 1 amide bonds. The predicted octanol–water partition coefficient (Wildman–Crippen LogP) is -0.0273. The summed E-state index contributed by atoms with van der Waals surface area (Å²) >= 11 is 0. The van der Waals surface area contributed by atoms with Crippen molar-refractivity contribution in [3.05, 3.63) is 17.8 Å². The lowest BCUT2D eigenvalue weighted by Crippen LogP contribution is -2.23. The molecule has 0 saturated carbocycles. The fourth-order valence-corrected chi connectivity index (χ4v) is 1.07. The number of nitrogens with zero attached hydrogens (tertiary/aromatic N) is 3. The largest absolute Gasteiger partial charge is 0.396 e. The molecule has 0 radical (unpaired) electrons. The van der Waals surface area contributed by atoms with E-state index in [9.17, 15) is 4.79 Å². The van der Waals surface area contributed by atoms with E-state index in [-0.39, 0.29) is 12.5 Å². The van der Waals surface area contributed by atoms with E-state index >= 15 is 0 Å². The summed E-state index contributed by atoms with van der Waals surface area (Å²) in [6.07, 6.45) is 0.653. The fourth-order valence-electron chi connectivity index (χ4n) is 1.07. The van der Waals surface area contributed by atoms with Gasteiger partial charge in [-0.2, -0.15) is 0 Å². The van der Waals surface area contributed by atoms with Crippen molar-refractivity contribution in [1.82, 2.24) is 15.1 Å². The zero-order chi connectivity index (χ0) is 12.0. The summed E-state index contributed by atoms with van der Waals surface area (Å²) in [5.74, 6) is 0.429. The van der Waals surface area contributed by atoms with Crippen LogP contribution in [-0.4, -0.2) is 53.4 Å². The van der Waals surface area contributed by atoms with Crippen LogP contribution in [0, 0.1) is 0 Å². The Hall–Kier alpha value is -1.69. The molecule has 0 aliphatic heterocycles. The zero-order valence-electron chi connectivity index (χ0n) is 9.47. The van der Waals surface area contributed by atoms with Crippen LogP contribution in [0.5, 0.6) is 0 Å². The van der Waals surface area contributed by atoms with Gasteiger partial charge in [0.2, 0.25) is 0 Å². The lowest BCUT2D eigenvalue weighted by molar-refractivity contribution is 0.0821. The molecule has 1 aromatic heterocycles. The molecule has 6 heteroatoms. The highest BCUT2D eigenvalue weighted by Gasteiger charge is 2.09. The third-order valence-electron chi connectivity index (χ3n) is 1.93. The highest BCUT2D eigenvalue weighted by molar-refractivity contribution is 5.91. The van der Waals surface area contributed by atoms with Gasteiger partial charge in [0.15, 0.2) is 5.69 Å². The molecule has 0 saturated heterocycles. The Morgan fingerprint density at radius 3 is 2.69 bits per heavy atom. The summed E-state index contributed by atoms with van der Waals surface area (Å²) in [4.78, 5) is 12.9. The van der Waals surface area contributed by atoms with E-state index in [2.05, 4.69) is 15.5 Å². The number of aromatic nitrogens is 2. The molecule has 0 aliphatic carbocycles. The first-order valence-corrected chi connectivity index (χ1v) is 5.05. The van der Waals surface area contributed by atoms with Gasteiger partial charge < -0.3 is 15.3 Å². The Morgan fingerprint density at radius 2 is 2.19 bits per heavy atom. The van der Waals surface area contributed by atoms with E-state index in [4.69, 9.17) is 5.11 Å². The van der Waals surface area contributed by atoms with Crippen molar-refractivity contribution < 1.29 is 9.90 Å². The van der Waals surface area contributed by atoms with E-state index < -0.39 is 0 Å². The third-order valence-corrected chi connectivity index (χ3v) is 1.93. The van der Waals surface area contributed by atoms with E-state index in [0.29, 0.717) is 24.5 Å². The Bertz CT molecular complexity index is 337. The maximum atomic E-state index is 11.5. The number of rotatable bonds is 5. The Labute approximate surface area is 94.3 Å². The second-order valence-electron chi connectivity index (χ2n) is 3.51. The van der Waals surface area contributed by atoms with Gasteiger partial charge in [0.1, 0.15) is 5.82 Å². The van der Waals surface area contributed by atoms with Crippen LogP contribution in [0.25, 0.3) is 0 Å². The van der Waals surface area contributed by atoms with Crippen molar-refractivity contribution in [3.8, 4) is 0 Å². The number of hydrogen-bond acceptors (Lipinski definition) is 5. The smallest absolute Gasteiger partial charge is 0.273 e. The Morgan fingerprint density at radius 1 is 1.44 bits per heavy atom. The molecular formula is C10H16N4O2. The summed E-state index contributed by atoms with van der Waals surface area (Å²) in [7, 11) is 3.33. The first-order valence-electron chi connectivity index (χ1n) is 5.05. The quantitative estimate of drug-likeness (QED) is 0.687. The van der Waals surface area contributed by atoms with Crippen molar-refractivity contribution >= 4 is 11.7 Å². The molecule has 6 nitrogen and oxygen atoms in total. The summed E-state index contributed by atoms with van der Waals surface area (Å²) in [5, 5.41) is 19.3. The molecular weight excluding hydrogens is 208 g/mol. The molecule has 0 atom stereocenters. The number of anilines is 1. The number of carbonyl (C=O) groups is 1. The topological polar surface area (TPSA) is 78.4 Å². The monoisotopic (exact) mass is 224 g/mol.